The number of hydrogen-bond acceptors (Lipinski definition) is 1. The summed E-state index contributed by atoms with van der Waals surface area (Å²) in [5, 5.41) is 0. The van der Waals surface area contributed by atoms with E-state index >= 15 is 0 Å². The standard InChI is InChI=1S/C18H24O/c1-15(9-7-11-16(2)17(3)19)10-8-14-18-12-5-4-6-13-18/h4-6,10-13H,7-9,14H2,1-3H3/b15-10+,16-11-. The average molecular weight is 256 g/mol. The predicted molar refractivity (Wildman–Crippen MR) is 82.2 cm³/mol. The summed E-state index contributed by atoms with van der Waals surface area (Å²) in [5.41, 5.74) is 3.67. The van der Waals surface area contributed by atoms with Crippen molar-refractivity contribution in [2.24, 2.45) is 0 Å². The van der Waals surface area contributed by atoms with E-state index in [9.17, 15) is 4.79 Å². The molecule has 0 fully saturated rings. The maximum Gasteiger partial charge on any atom is 0.155 e. The fraction of sp³-hybridized carbons (Fsp3) is 0.389. The van der Waals surface area contributed by atoms with Gasteiger partial charge in [-0.1, -0.05) is 48.1 Å². The van der Waals surface area contributed by atoms with Crippen LogP contribution in [0.25, 0.3) is 0 Å². The van der Waals surface area contributed by atoms with Gasteiger partial charge in [0.2, 0.25) is 0 Å². The fourth-order valence-corrected chi connectivity index (χ4v) is 1.89. The molecule has 0 spiro atoms. The van der Waals surface area contributed by atoms with E-state index in [4.69, 9.17) is 0 Å². The van der Waals surface area contributed by atoms with E-state index in [2.05, 4.69) is 37.3 Å². The van der Waals surface area contributed by atoms with Crippen molar-refractivity contribution in [2.75, 3.05) is 0 Å². The highest BCUT2D eigenvalue weighted by Crippen LogP contribution is 2.10. The Morgan fingerprint density at radius 2 is 1.68 bits per heavy atom. The Morgan fingerprint density at radius 3 is 2.32 bits per heavy atom. The molecule has 102 valence electrons. The molecule has 1 aromatic carbocycles. The first kappa shape index (κ1) is 15.4. The summed E-state index contributed by atoms with van der Waals surface area (Å²) >= 11 is 0. The van der Waals surface area contributed by atoms with Crippen molar-refractivity contribution in [3.05, 3.63) is 59.2 Å². The molecule has 1 heteroatoms. The number of rotatable bonds is 7. The second kappa shape index (κ2) is 8.47. The molecular weight excluding hydrogens is 232 g/mol. The van der Waals surface area contributed by atoms with Gasteiger partial charge in [0.05, 0.1) is 0 Å². The minimum absolute atomic E-state index is 0.172. The van der Waals surface area contributed by atoms with Crippen LogP contribution >= 0.6 is 0 Å². The molecule has 0 aliphatic heterocycles. The Hall–Kier alpha value is -1.63. The van der Waals surface area contributed by atoms with Crippen molar-refractivity contribution < 1.29 is 4.79 Å². The van der Waals surface area contributed by atoms with Gasteiger partial charge >= 0.3 is 0 Å². The summed E-state index contributed by atoms with van der Waals surface area (Å²) in [6, 6.07) is 10.6. The van der Waals surface area contributed by atoms with Crippen molar-refractivity contribution in [3.63, 3.8) is 0 Å². The van der Waals surface area contributed by atoms with Crippen molar-refractivity contribution in [1.82, 2.24) is 0 Å². The van der Waals surface area contributed by atoms with Gasteiger partial charge in [0.1, 0.15) is 0 Å². The van der Waals surface area contributed by atoms with Crippen LogP contribution in [0.2, 0.25) is 0 Å². The van der Waals surface area contributed by atoms with Gasteiger partial charge in [0.25, 0.3) is 0 Å². The Bertz CT molecular complexity index is 452. The largest absolute Gasteiger partial charge is 0.295 e. The highest BCUT2D eigenvalue weighted by Gasteiger charge is 1.95. The molecule has 0 bridgehead atoms. The molecular formula is C18H24O. The van der Waals surface area contributed by atoms with Gasteiger partial charge in [-0.05, 0) is 57.6 Å². The van der Waals surface area contributed by atoms with Crippen LogP contribution in [0.15, 0.2) is 53.6 Å². The molecule has 0 saturated carbocycles. The lowest BCUT2D eigenvalue weighted by atomic mass is 10.1. The summed E-state index contributed by atoms with van der Waals surface area (Å²) in [5.74, 6) is 0.172. The van der Waals surface area contributed by atoms with Crippen LogP contribution in [-0.4, -0.2) is 5.78 Å². The van der Waals surface area contributed by atoms with Gasteiger partial charge in [-0.15, -0.1) is 0 Å². The Balaban J connectivity index is 2.30. The minimum Gasteiger partial charge on any atom is -0.295 e. The Kier molecular flexibility index (Phi) is 6.88. The molecule has 0 heterocycles. The van der Waals surface area contributed by atoms with E-state index in [0.717, 1.165) is 31.3 Å². The number of Topliss-reactive ketones (excluding diaryl/α,β-unsaturated/α-hetero) is 1. The third-order valence-electron chi connectivity index (χ3n) is 3.31. The molecule has 1 nitrogen and oxygen atoms in total. The molecule has 0 saturated heterocycles. The van der Waals surface area contributed by atoms with Crippen LogP contribution in [0.4, 0.5) is 0 Å². The maximum absolute atomic E-state index is 11.1. The molecule has 0 aromatic heterocycles. The maximum atomic E-state index is 11.1. The highest BCUT2D eigenvalue weighted by molar-refractivity contribution is 5.92. The summed E-state index contributed by atoms with van der Waals surface area (Å²) in [4.78, 5) is 11.1. The lowest BCUT2D eigenvalue weighted by molar-refractivity contribution is -0.113. The van der Waals surface area contributed by atoms with Gasteiger partial charge in [-0.25, -0.2) is 0 Å². The van der Waals surface area contributed by atoms with E-state index in [-0.39, 0.29) is 5.78 Å². The van der Waals surface area contributed by atoms with E-state index < -0.39 is 0 Å². The zero-order valence-corrected chi connectivity index (χ0v) is 12.3. The second-order valence-corrected chi connectivity index (χ2v) is 5.06. The monoisotopic (exact) mass is 256 g/mol. The van der Waals surface area contributed by atoms with Gasteiger partial charge in [0, 0.05) is 0 Å². The number of aryl methyl sites for hydroxylation is 1. The van der Waals surface area contributed by atoms with E-state index in [1.165, 1.54) is 11.1 Å². The summed E-state index contributed by atoms with van der Waals surface area (Å²) < 4.78 is 0. The molecule has 1 rings (SSSR count). The predicted octanol–water partition coefficient (Wildman–Crippen LogP) is 4.88. The summed E-state index contributed by atoms with van der Waals surface area (Å²) in [6.45, 7) is 5.67. The normalized spacial score (nSPS) is 12.6. The van der Waals surface area contributed by atoms with Crippen molar-refractivity contribution in [1.29, 1.82) is 0 Å². The molecule has 1 aromatic rings. The number of carbonyl (C=O) groups excluding carboxylic acids is 1. The quantitative estimate of drug-likeness (QED) is 0.502. The SMILES string of the molecule is CC(=O)/C(C)=C\CC/C(C)=C/CCc1ccccc1. The van der Waals surface area contributed by atoms with Gasteiger partial charge < -0.3 is 0 Å². The van der Waals surface area contributed by atoms with Crippen LogP contribution in [-0.2, 0) is 11.2 Å². The highest BCUT2D eigenvalue weighted by atomic mass is 16.1. The first-order chi connectivity index (χ1) is 9.09. The molecule has 0 aliphatic rings. The van der Waals surface area contributed by atoms with Gasteiger partial charge in [0.15, 0.2) is 5.78 Å². The molecule has 19 heavy (non-hydrogen) atoms. The lowest BCUT2D eigenvalue weighted by Crippen LogP contribution is -1.91. The van der Waals surface area contributed by atoms with Crippen molar-refractivity contribution >= 4 is 5.78 Å². The summed E-state index contributed by atoms with van der Waals surface area (Å²) in [6.07, 6.45) is 8.53. The van der Waals surface area contributed by atoms with Crippen molar-refractivity contribution in [3.8, 4) is 0 Å². The summed E-state index contributed by atoms with van der Waals surface area (Å²) in [7, 11) is 0. The van der Waals surface area contributed by atoms with Crippen LogP contribution in [0.5, 0.6) is 0 Å². The average Bonchev–Trinajstić information content (AvgIpc) is 2.39. The molecule has 0 aliphatic carbocycles. The topological polar surface area (TPSA) is 17.1 Å². The van der Waals surface area contributed by atoms with Crippen LogP contribution in [0.3, 0.4) is 0 Å². The fourth-order valence-electron chi connectivity index (χ4n) is 1.89. The zero-order chi connectivity index (χ0) is 14.1. The van der Waals surface area contributed by atoms with Crippen LogP contribution < -0.4 is 0 Å². The molecule has 0 unspecified atom stereocenters. The second-order valence-electron chi connectivity index (χ2n) is 5.06. The smallest absolute Gasteiger partial charge is 0.155 e. The molecule has 0 N–H and O–H groups in total. The van der Waals surface area contributed by atoms with Crippen LogP contribution in [0.1, 0.15) is 45.6 Å². The number of benzene rings is 1. The Morgan fingerprint density at radius 1 is 1.00 bits per heavy atom. The van der Waals surface area contributed by atoms with E-state index in [0.29, 0.717) is 0 Å². The van der Waals surface area contributed by atoms with Crippen molar-refractivity contribution in [2.45, 2.75) is 46.5 Å². The number of ketones is 1. The van der Waals surface area contributed by atoms with E-state index in [1.807, 2.05) is 19.1 Å². The number of hydrogen-bond donors (Lipinski definition) is 0. The van der Waals surface area contributed by atoms with Gasteiger partial charge in [-0.3, -0.25) is 4.79 Å². The molecule has 0 radical (unpaired) electrons. The molecule has 0 amide bonds. The zero-order valence-electron chi connectivity index (χ0n) is 12.3. The lowest BCUT2D eigenvalue weighted by Gasteiger charge is -2.01. The Labute approximate surface area is 117 Å². The number of carbonyl (C=O) groups is 1. The first-order valence-electron chi connectivity index (χ1n) is 6.97. The van der Waals surface area contributed by atoms with Gasteiger partial charge in [-0.2, -0.15) is 0 Å². The minimum atomic E-state index is 0.172. The third-order valence-corrected chi connectivity index (χ3v) is 3.31. The third kappa shape index (κ3) is 6.76. The molecule has 0 atom stereocenters. The van der Waals surface area contributed by atoms with E-state index in [1.54, 1.807) is 6.92 Å². The first-order valence-corrected chi connectivity index (χ1v) is 6.97. The number of allylic oxidation sites excluding steroid dienone is 4. The van der Waals surface area contributed by atoms with Crippen LogP contribution in [0, 0.1) is 0 Å².